The number of aromatic hydroxyl groups is 1. The third-order valence-corrected chi connectivity index (χ3v) is 8.49. The van der Waals surface area contributed by atoms with Crippen molar-refractivity contribution in [2.75, 3.05) is 49.9 Å². The predicted octanol–water partition coefficient (Wildman–Crippen LogP) is 5.31. The molecule has 2 saturated heterocycles. The molecule has 1 amide bonds. The fourth-order valence-electron chi connectivity index (χ4n) is 5.91. The van der Waals surface area contributed by atoms with Gasteiger partial charge in [-0.2, -0.15) is 4.98 Å². The molecule has 42 heavy (non-hydrogen) atoms. The fourth-order valence-corrected chi connectivity index (χ4v) is 6.20. The molecule has 10 heteroatoms. The summed E-state index contributed by atoms with van der Waals surface area (Å²) in [6, 6.07) is 10.4. The standard InChI is InChI=1S/C32H34ClFN6O2/c1-6-27(42)39-14-19(3)40(15-18(39)2)31-25-13-26(33)28(24-12-22(41)11-20-9-7-8-10-23(20)24)29(34)30(25)35-32(36-31)38-16-21(17-38)37(4)5/h6-13,18-19,21,41H,1,14-17H2,2-5H3/t18-,19+/m1/s1/i4D3,5D3. The highest BCUT2D eigenvalue weighted by Crippen LogP contribution is 2.43. The number of phenols is 1. The number of hydrogen-bond donors (Lipinski definition) is 1. The van der Waals surface area contributed by atoms with Crippen molar-refractivity contribution in [3.63, 3.8) is 0 Å². The van der Waals surface area contributed by atoms with E-state index in [-0.39, 0.29) is 58.9 Å². The fraction of sp³-hybridized carbons (Fsp3) is 0.344. The van der Waals surface area contributed by atoms with Crippen LogP contribution in [0.1, 0.15) is 22.1 Å². The molecule has 0 bridgehead atoms. The van der Waals surface area contributed by atoms with Crippen molar-refractivity contribution in [2.24, 2.45) is 0 Å². The van der Waals surface area contributed by atoms with Crippen molar-refractivity contribution < 1.29 is 22.5 Å². The summed E-state index contributed by atoms with van der Waals surface area (Å²) in [5.74, 6) is -0.581. The Kier molecular flexibility index (Phi) is 5.54. The number of nitrogens with zero attached hydrogens (tertiary/aromatic N) is 6. The number of fused-ring (bicyclic) bond motifs is 2. The molecule has 4 aromatic rings. The Hall–Kier alpha value is -3.95. The number of carbonyl (C=O) groups excluding carboxylic acids is 1. The highest BCUT2D eigenvalue weighted by atomic mass is 35.5. The van der Waals surface area contributed by atoms with Crippen molar-refractivity contribution in [2.45, 2.75) is 32.0 Å². The van der Waals surface area contributed by atoms with Crippen molar-refractivity contribution >= 4 is 50.9 Å². The first-order chi connectivity index (χ1) is 22.5. The lowest BCUT2D eigenvalue weighted by Crippen LogP contribution is -2.59. The summed E-state index contributed by atoms with van der Waals surface area (Å²) in [4.78, 5) is 27.8. The quantitative estimate of drug-likeness (QED) is 0.314. The van der Waals surface area contributed by atoms with E-state index in [0.29, 0.717) is 45.5 Å². The summed E-state index contributed by atoms with van der Waals surface area (Å²) >= 11 is 6.85. The highest BCUT2D eigenvalue weighted by Gasteiger charge is 2.36. The summed E-state index contributed by atoms with van der Waals surface area (Å²) in [5.41, 5.74) is 0.343. The van der Waals surface area contributed by atoms with Crippen molar-refractivity contribution in [1.82, 2.24) is 19.8 Å². The zero-order chi connectivity index (χ0) is 34.9. The zero-order valence-corrected chi connectivity index (χ0v) is 23.9. The minimum absolute atomic E-state index is 0.0193. The number of likely N-dealkylation sites (N-methyl/N-ethyl adjacent to an activating group) is 1. The maximum Gasteiger partial charge on any atom is 0.246 e. The lowest BCUT2D eigenvalue weighted by molar-refractivity contribution is -0.128. The van der Waals surface area contributed by atoms with Crippen molar-refractivity contribution in [3.8, 4) is 16.9 Å². The van der Waals surface area contributed by atoms with Gasteiger partial charge in [-0.15, -0.1) is 0 Å². The van der Waals surface area contributed by atoms with Gasteiger partial charge in [-0.05, 0) is 68.4 Å². The van der Waals surface area contributed by atoms with Crippen LogP contribution in [0.5, 0.6) is 5.75 Å². The molecule has 3 aromatic carbocycles. The van der Waals surface area contributed by atoms with Gasteiger partial charge >= 0.3 is 0 Å². The van der Waals surface area contributed by atoms with E-state index in [2.05, 4.69) is 11.6 Å². The number of rotatable bonds is 5. The van der Waals surface area contributed by atoms with Crippen LogP contribution in [0.25, 0.3) is 32.8 Å². The van der Waals surface area contributed by atoms with Gasteiger partial charge in [0.15, 0.2) is 5.82 Å². The molecule has 3 heterocycles. The number of amides is 1. The van der Waals surface area contributed by atoms with Gasteiger partial charge in [0, 0.05) is 63.5 Å². The highest BCUT2D eigenvalue weighted by molar-refractivity contribution is 6.35. The molecule has 0 aliphatic carbocycles. The lowest BCUT2D eigenvalue weighted by atomic mass is 9.96. The van der Waals surface area contributed by atoms with E-state index in [4.69, 9.17) is 24.8 Å². The second-order valence-electron chi connectivity index (χ2n) is 11.0. The summed E-state index contributed by atoms with van der Waals surface area (Å²) in [6.07, 6.45) is 1.26. The van der Waals surface area contributed by atoms with E-state index in [1.165, 1.54) is 12.1 Å². The first-order valence-electron chi connectivity index (χ1n) is 16.7. The van der Waals surface area contributed by atoms with E-state index in [1.807, 2.05) is 18.7 Å². The molecular formula is C32H34ClFN6O2. The average Bonchev–Trinajstić information content (AvgIpc) is 2.97. The Morgan fingerprint density at radius 3 is 2.62 bits per heavy atom. The normalized spacial score (nSPS) is 22.3. The Balaban J connectivity index is 1.51. The monoisotopic (exact) mass is 594 g/mol. The second kappa shape index (κ2) is 10.7. The first kappa shape index (κ1) is 21.7. The molecule has 2 fully saturated rings. The van der Waals surface area contributed by atoms with Crippen LogP contribution in [0, 0.1) is 5.82 Å². The molecule has 2 aliphatic rings. The Labute approximate surface area is 258 Å². The van der Waals surface area contributed by atoms with Gasteiger partial charge < -0.3 is 24.7 Å². The van der Waals surface area contributed by atoms with Gasteiger partial charge in [-0.1, -0.05) is 42.4 Å². The minimum Gasteiger partial charge on any atom is -0.508 e. The van der Waals surface area contributed by atoms with Gasteiger partial charge in [0.25, 0.3) is 0 Å². The van der Waals surface area contributed by atoms with E-state index < -0.39 is 25.8 Å². The van der Waals surface area contributed by atoms with Crippen LogP contribution in [0.15, 0.2) is 55.1 Å². The summed E-state index contributed by atoms with van der Waals surface area (Å²) in [5, 5.41) is 12.3. The van der Waals surface area contributed by atoms with Gasteiger partial charge in [-0.25, -0.2) is 9.37 Å². The maximum absolute atomic E-state index is 17.0. The molecule has 1 aromatic heterocycles. The van der Waals surface area contributed by atoms with Gasteiger partial charge in [0.1, 0.15) is 17.1 Å². The summed E-state index contributed by atoms with van der Waals surface area (Å²) < 4.78 is 63.9. The van der Waals surface area contributed by atoms with Crippen LogP contribution >= 0.6 is 11.6 Å². The zero-order valence-electron chi connectivity index (χ0n) is 29.2. The average molecular weight is 595 g/mol. The molecule has 8 nitrogen and oxygen atoms in total. The molecule has 0 saturated carbocycles. The van der Waals surface area contributed by atoms with Crippen LogP contribution in [0.3, 0.4) is 0 Å². The van der Waals surface area contributed by atoms with E-state index in [9.17, 15) is 9.90 Å². The van der Waals surface area contributed by atoms with Gasteiger partial charge in [0.2, 0.25) is 11.9 Å². The summed E-state index contributed by atoms with van der Waals surface area (Å²) in [7, 11) is 0. The number of halogens is 2. The van der Waals surface area contributed by atoms with Crippen LogP contribution < -0.4 is 9.80 Å². The van der Waals surface area contributed by atoms with E-state index in [0.717, 1.165) is 0 Å². The SMILES string of the molecule is [2H]C([2H])([2H])N(C1CN(c2nc(N3C[C@@H](C)N(C(=O)C=C)C[C@@H]3C)c3cc(Cl)c(-c4cc(O)cc5ccccc45)c(F)c3n2)C1)C([2H])([2H])[2H]. The molecule has 6 rings (SSSR count). The molecule has 0 radical (unpaired) electrons. The number of phenolic OH excluding ortho intramolecular Hbond substituents is 1. The number of aromatic nitrogens is 2. The number of hydrogen-bond acceptors (Lipinski definition) is 7. The number of benzene rings is 3. The Morgan fingerprint density at radius 1 is 1.12 bits per heavy atom. The number of carbonyl (C=O) groups is 1. The summed E-state index contributed by atoms with van der Waals surface area (Å²) in [6.45, 7) is 2.33. The van der Waals surface area contributed by atoms with Crippen LogP contribution in [0.2, 0.25) is 5.02 Å². The van der Waals surface area contributed by atoms with E-state index in [1.54, 1.807) is 46.2 Å². The van der Waals surface area contributed by atoms with Crippen LogP contribution in [0.4, 0.5) is 16.2 Å². The van der Waals surface area contributed by atoms with Gasteiger partial charge in [-0.3, -0.25) is 4.79 Å². The van der Waals surface area contributed by atoms with Crippen molar-refractivity contribution in [1.29, 1.82) is 0 Å². The topological polar surface area (TPSA) is 76.0 Å². The maximum atomic E-state index is 17.0. The third-order valence-electron chi connectivity index (χ3n) is 8.19. The lowest BCUT2D eigenvalue weighted by Gasteiger charge is -2.45. The predicted molar refractivity (Wildman–Crippen MR) is 167 cm³/mol. The molecule has 1 N–H and O–H groups in total. The van der Waals surface area contributed by atoms with Crippen LogP contribution in [-0.4, -0.2) is 89.0 Å². The van der Waals surface area contributed by atoms with Crippen LogP contribution in [-0.2, 0) is 4.79 Å². The molecular weight excluding hydrogens is 555 g/mol. The number of anilines is 2. The Bertz CT molecular complexity index is 1920. The van der Waals surface area contributed by atoms with Crippen molar-refractivity contribution in [3.05, 3.63) is 66.0 Å². The molecule has 2 aliphatic heterocycles. The second-order valence-corrected chi connectivity index (χ2v) is 11.4. The molecule has 218 valence electrons. The molecule has 0 unspecified atom stereocenters. The largest absolute Gasteiger partial charge is 0.508 e. The number of piperazine rings is 1. The molecule has 2 atom stereocenters. The van der Waals surface area contributed by atoms with E-state index >= 15 is 4.39 Å². The molecule has 0 spiro atoms. The Morgan fingerprint density at radius 2 is 1.88 bits per heavy atom. The first-order valence-corrected chi connectivity index (χ1v) is 14.0. The smallest absolute Gasteiger partial charge is 0.246 e. The third kappa shape index (κ3) is 4.70. The minimum atomic E-state index is -2.87. The van der Waals surface area contributed by atoms with Gasteiger partial charge in [0.05, 0.1) is 5.02 Å².